The van der Waals surface area contributed by atoms with Crippen LogP contribution in [0.2, 0.25) is 0 Å². The summed E-state index contributed by atoms with van der Waals surface area (Å²) in [6, 6.07) is 7.14. The number of fused-ring (bicyclic) bond motifs is 1. The Morgan fingerprint density at radius 3 is 2.57 bits per heavy atom. The van der Waals surface area contributed by atoms with Crippen molar-refractivity contribution in [1.82, 2.24) is 0 Å². The summed E-state index contributed by atoms with van der Waals surface area (Å²) >= 11 is 0. The molecule has 0 aliphatic heterocycles. The van der Waals surface area contributed by atoms with Crippen LogP contribution in [0.3, 0.4) is 0 Å². The lowest BCUT2D eigenvalue weighted by Crippen LogP contribution is -2.22. The van der Waals surface area contributed by atoms with Crippen molar-refractivity contribution in [2.75, 3.05) is 0 Å². The second-order valence-corrected chi connectivity index (χ2v) is 7.23. The second-order valence-electron chi connectivity index (χ2n) is 7.23. The molecule has 114 valence electrons. The molecule has 0 saturated heterocycles. The van der Waals surface area contributed by atoms with Crippen LogP contribution in [0, 0.1) is 5.92 Å². The van der Waals surface area contributed by atoms with Crippen LogP contribution >= 0.6 is 0 Å². The highest BCUT2D eigenvalue weighted by Crippen LogP contribution is 2.42. The predicted octanol–water partition coefficient (Wildman–Crippen LogP) is 6.61. The second kappa shape index (κ2) is 6.22. The third-order valence-corrected chi connectivity index (χ3v) is 4.75. The zero-order valence-corrected chi connectivity index (χ0v) is 14.6. The fourth-order valence-corrected chi connectivity index (χ4v) is 3.43. The van der Waals surface area contributed by atoms with Gasteiger partial charge in [0, 0.05) is 0 Å². The summed E-state index contributed by atoms with van der Waals surface area (Å²) in [6.45, 7) is 13.8. The van der Waals surface area contributed by atoms with Crippen molar-refractivity contribution < 1.29 is 0 Å². The minimum atomic E-state index is 0.257. The zero-order valence-electron chi connectivity index (χ0n) is 14.6. The topological polar surface area (TPSA) is 0 Å². The molecule has 21 heavy (non-hydrogen) atoms. The highest BCUT2D eigenvalue weighted by molar-refractivity contribution is 5.77. The van der Waals surface area contributed by atoms with Gasteiger partial charge in [-0.3, -0.25) is 0 Å². The Bertz CT molecular complexity index is 568. The minimum absolute atomic E-state index is 0.257. The third-order valence-electron chi connectivity index (χ3n) is 4.75. The molecule has 0 bridgehead atoms. The lowest BCUT2D eigenvalue weighted by molar-refractivity contribution is 0.523. The first-order valence-corrected chi connectivity index (χ1v) is 8.41. The van der Waals surface area contributed by atoms with Gasteiger partial charge in [-0.2, -0.15) is 0 Å². The van der Waals surface area contributed by atoms with Crippen molar-refractivity contribution in [2.45, 2.75) is 66.2 Å². The van der Waals surface area contributed by atoms with E-state index in [0.29, 0.717) is 5.92 Å². The smallest absolute Gasteiger partial charge is 0.00629 e. The van der Waals surface area contributed by atoms with Crippen molar-refractivity contribution in [3.8, 4) is 0 Å². The van der Waals surface area contributed by atoms with Gasteiger partial charge in [-0.1, -0.05) is 65.3 Å². The predicted molar refractivity (Wildman–Crippen MR) is 95.5 cm³/mol. The van der Waals surface area contributed by atoms with Crippen LogP contribution in [-0.4, -0.2) is 0 Å². The molecule has 0 heteroatoms. The first-order valence-electron chi connectivity index (χ1n) is 8.41. The quantitative estimate of drug-likeness (QED) is 0.582. The fraction of sp³-hybridized carbons (Fsp3) is 0.524. The number of rotatable bonds is 4. The monoisotopic (exact) mass is 282 g/mol. The molecule has 0 atom stereocenters. The summed E-state index contributed by atoms with van der Waals surface area (Å²) in [4.78, 5) is 0. The van der Waals surface area contributed by atoms with Gasteiger partial charge in [0.2, 0.25) is 0 Å². The maximum Gasteiger partial charge on any atom is -0.00629 e. The highest BCUT2D eigenvalue weighted by Gasteiger charge is 2.29. The molecular weight excluding hydrogens is 252 g/mol. The Morgan fingerprint density at radius 1 is 1.29 bits per heavy atom. The van der Waals surface area contributed by atoms with E-state index in [-0.39, 0.29) is 5.41 Å². The van der Waals surface area contributed by atoms with E-state index in [9.17, 15) is 0 Å². The molecule has 0 nitrogen and oxygen atoms in total. The molecule has 0 fully saturated rings. The van der Waals surface area contributed by atoms with Crippen molar-refractivity contribution in [3.05, 3.63) is 47.0 Å². The van der Waals surface area contributed by atoms with Gasteiger partial charge in [-0.15, -0.1) is 0 Å². The summed E-state index contributed by atoms with van der Waals surface area (Å²) in [7, 11) is 0. The summed E-state index contributed by atoms with van der Waals surface area (Å²) < 4.78 is 0. The average Bonchev–Trinajstić information content (AvgIpc) is 2.43. The van der Waals surface area contributed by atoms with E-state index >= 15 is 0 Å². The highest BCUT2D eigenvalue weighted by atomic mass is 14.3. The average molecular weight is 282 g/mol. The molecular formula is C21H30. The van der Waals surface area contributed by atoms with Crippen LogP contribution < -0.4 is 0 Å². The molecule has 0 unspecified atom stereocenters. The fourth-order valence-electron chi connectivity index (χ4n) is 3.43. The molecule has 0 saturated carbocycles. The first kappa shape index (κ1) is 16.1. The molecule has 0 amide bonds. The molecule has 2 rings (SSSR count). The van der Waals surface area contributed by atoms with Gasteiger partial charge in [0.15, 0.2) is 0 Å². The Labute approximate surface area is 131 Å². The van der Waals surface area contributed by atoms with Crippen molar-refractivity contribution in [2.24, 2.45) is 5.92 Å². The van der Waals surface area contributed by atoms with E-state index in [1.54, 1.807) is 0 Å². The van der Waals surface area contributed by atoms with Crippen molar-refractivity contribution >= 4 is 11.1 Å². The maximum absolute atomic E-state index is 2.46. The SMILES string of the molecule is C/C=C(/CCC)c1ccc2c(c1)C(C(C)C)=CCC2(C)C. The third kappa shape index (κ3) is 3.15. The van der Waals surface area contributed by atoms with Crippen LogP contribution in [0.4, 0.5) is 0 Å². The van der Waals surface area contributed by atoms with Gasteiger partial charge in [-0.25, -0.2) is 0 Å². The number of benzene rings is 1. The standard InChI is InChI=1S/C21H30/c1-7-9-16(8-2)17-10-11-20-19(14-17)18(15(3)4)12-13-21(20,5)6/h8,10-12,14-15H,7,9,13H2,1-6H3/b16-8-. The van der Waals surface area contributed by atoms with Gasteiger partial charge in [0.1, 0.15) is 0 Å². The molecule has 1 aromatic rings. The number of hydrogen-bond acceptors (Lipinski definition) is 0. The van der Waals surface area contributed by atoms with Gasteiger partial charge < -0.3 is 0 Å². The molecule has 0 radical (unpaired) electrons. The Hall–Kier alpha value is -1.30. The molecule has 1 aromatic carbocycles. The minimum Gasteiger partial charge on any atom is -0.0838 e. The molecule has 0 heterocycles. The summed E-state index contributed by atoms with van der Waals surface area (Å²) in [5.74, 6) is 0.593. The van der Waals surface area contributed by atoms with Gasteiger partial charge in [0.25, 0.3) is 0 Å². The van der Waals surface area contributed by atoms with E-state index in [4.69, 9.17) is 0 Å². The van der Waals surface area contributed by atoms with Gasteiger partial charge >= 0.3 is 0 Å². The van der Waals surface area contributed by atoms with Crippen molar-refractivity contribution in [3.63, 3.8) is 0 Å². The zero-order chi connectivity index (χ0) is 15.6. The summed E-state index contributed by atoms with van der Waals surface area (Å²) in [6.07, 6.45) is 8.26. The lowest BCUT2D eigenvalue weighted by Gasteiger charge is -2.34. The number of allylic oxidation sites excluding steroid dienone is 4. The largest absolute Gasteiger partial charge is 0.0838 e. The van der Waals surface area contributed by atoms with Crippen LogP contribution in [-0.2, 0) is 5.41 Å². The van der Waals surface area contributed by atoms with Crippen LogP contribution in [0.1, 0.15) is 77.5 Å². The maximum atomic E-state index is 2.46. The van der Waals surface area contributed by atoms with E-state index < -0.39 is 0 Å². The number of hydrogen-bond donors (Lipinski definition) is 0. The van der Waals surface area contributed by atoms with E-state index in [1.165, 1.54) is 40.7 Å². The summed E-state index contributed by atoms with van der Waals surface area (Å²) in [5.41, 5.74) is 7.67. The normalized spacial score (nSPS) is 17.7. The summed E-state index contributed by atoms with van der Waals surface area (Å²) in [5, 5.41) is 0. The molecule has 0 N–H and O–H groups in total. The van der Waals surface area contributed by atoms with Gasteiger partial charge in [-0.05, 0) is 65.0 Å². The van der Waals surface area contributed by atoms with E-state index in [0.717, 1.165) is 6.42 Å². The molecule has 0 spiro atoms. The lowest BCUT2D eigenvalue weighted by atomic mass is 9.71. The van der Waals surface area contributed by atoms with Gasteiger partial charge in [0.05, 0.1) is 0 Å². The van der Waals surface area contributed by atoms with Crippen molar-refractivity contribution in [1.29, 1.82) is 0 Å². The Kier molecular flexibility index (Phi) is 4.76. The Balaban J connectivity index is 2.55. The molecule has 0 aromatic heterocycles. The molecule has 1 aliphatic carbocycles. The Morgan fingerprint density at radius 2 is 2.00 bits per heavy atom. The van der Waals surface area contributed by atoms with Crippen LogP contribution in [0.25, 0.3) is 11.1 Å². The first-order chi connectivity index (χ1) is 9.90. The van der Waals surface area contributed by atoms with E-state index in [1.807, 2.05) is 0 Å². The van der Waals surface area contributed by atoms with Crippen LogP contribution in [0.15, 0.2) is 30.4 Å². The van der Waals surface area contributed by atoms with E-state index in [2.05, 4.69) is 71.9 Å². The molecule has 1 aliphatic rings. The van der Waals surface area contributed by atoms with Crippen LogP contribution in [0.5, 0.6) is 0 Å².